The molecule has 0 bridgehead atoms. The van der Waals surface area contributed by atoms with Gasteiger partial charge in [0.05, 0.1) is 17.4 Å². The molecule has 0 saturated heterocycles. The van der Waals surface area contributed by atoms with Crippen LogP contribution in [-0.2, 0) is 4.79 Å². The molecule has 1 aromatic heterocycles. The Morgan fingerprint density at radius 2 is 1.66 bits per heavy atom. The highest BCUT2D eigenvalue weighted by molar-refractivity contribution is 5.90. The molecule has 0 saturated carbocycles. The second-order valence-electron chi connectivity index (χ2n) is 8.43. The predicted molar refractivity (Wildman–Crippen MR) is 122 cm³/mol. The number of phenols is 1. The zero-order chi connectivity index (χ0) is 22.4. The molecular weight excluding hydrogens is 404 g/mol. The second kappa shape index (κ2) is 7.68. The third-order valence-corrected chi connectivity index (χ3v) is 6.07. The zero-order valence-corrected chi connectivity index (χ0v) is 17.8. The highest BCUT2D eigenvalue weighted by Crippen LogP contribution is 2.43. The Morgan fingerprint density at radius 3 is 2.34 bits per heavy atom. The fraction of sp³-hybridized carbons (Fsp3) is 0.185. The Balaban J connectivity index is 1.68. The van der Waals surface area contributed by atoms with E-state index in [0.29, 0.717) is 39.3 Å². The zero-order valence-electron chi connectivity index (χ0n) is 17.8. The highest BCUT2D eigenvalue weighted by Gasteiger charge is 2.32. The number of hydrogen-bond acceptors (Lipinski definition) is 5. The molecule has 3 aromatic carbocycles. The second-order valence-corrected chi connectivity index (χ2v) is 8.43. The number of ether oxygens (including phenoxy) is 1. The largest absolute Gasteiger partial charge is 0.508 e. The van der Waals surface area contributed by atoms with Crippen LogP contribution in [-0.4, -0.2) is 11.1 Å². The maximum absolute atomic E-state index is 13.3. The van der Waals surface area contributed by atoms with Gasteiger partial charge in [-0.1, -0.05) is 50.2 Å². The lowest BCUT2D eigenvalue weighted by atomic mass is 9.84. The Kier molecular flexibility index (Phi) is 4.82. The van der Waals surface area contributed by atoms with Gasteiger partial charge in [-0.05, 0) is 46.9 Å². The third kappa shape index (κ3) is 3.36. The molecule has 32 heavy (non-hydrogen) atoms. The minimum Gasteiger partial charge on any atom is -0.508 e. The molecule has 4 aromatic rings. The molecule has 160 valence electrons. The van der Waals surface area contributed by atoms with Crippen molar-refractivity contribution in [2.75, 3.05) is 0 Å². The van der Waals surface area contributed by atoms with Crippen LogP contribution in [0.25, 0.3) is 22.1 Å². The smallest absolute Gasteiger partial charge is 0.312 e. The van der Waals surface area contributed by atoms with Crippen LogP contribution >= 0.6 is 0 Å². The van der Waals surface area contributed by atoms with Crippen LogP contribution in [0.1, 0.15) is 48.8 Å². The molecule has 5 nitrogen and oxygen atoms in total. The summed E-state index contributed by atoms with van der Waals surface area (Å²) in [5, 5.41) is 9.97. The minimum absolute atomic E-state index is 0.126. The van der Waals surface area contributed by atoms with Gasteiger partial charge in [0.2, 0.25) is 5.43 Å². The van der Waals surface area contributed by atoms with Gasteiger partial charge in [0.1, 0.15) is 23.3 Å². The summed E-state index contributed by atoms with van der Waals surface area (Å²) in [6, 6.07) is 17.9. The van der Waals surface area contributed by atoms with Gasteiger partial charge in [-0.3, -0.25) is 9.59 Å². The standard InChI is InChI=1S/C27H22O5/c1-15(2)16-3-5-17(6-4-16)21-13-24(29)32-23-12-11-20-26(30)22(14-31-27(20)25(21)23)18-7-9-19(28)10-8-18/h3-12,14-15,21,28H,13H2,1-2H3. The van der Waals surface area contributed by atoms with Crippen molar-refractivity contribution in [3.8, 4) is 22.6 Å². The Morgan fingerprint density at radius 1 is 0.938 bits per heavy atom. The first-order valence-corrected chi connectivity index (χ1v) is 10.6. The van der Waals surface area contributed by atoms with Crippen LogP contribution in [0.15, 0.2) is 76.1 Å². The van der Waals surface area contributed by atoms with Crippen LogP contribution in [0.2, 0.25) is 0 Å². The van der Waals surface area contributed by atoms with Crippen molar-refractivity contribution < 1.29 is 19.1 Å². The fourth-order valence-corrected chi connectivity index (χ4v) is 4.29. The lowest BCUT2D eigenvalue weighted by Crippen LogP contribution is -2.22. The fourth-order valence-electron chi connectivity index (χ4n) is 4.29. The van der Waals surface area contributed by atoms with Gasteiger partial charge in [0.25, 0.3) is 0 Å². The third-order valence-electron chi connectivity index (χ3n) is 6.07. The Labute approximate surface area is 184 Å². The molecule has 1 atom stereocenters. The maximum Gasteiger partial charge on any atom is 0.312 e. The molecule has 5 heteroatoms. The van der Waals surface area contributed by atoms with E-state index in [9.17, 15) is 14.7 Å². The average molecular weight is 426 g/mol. The Hall–Kier alpha value is -3.86. The number of aromatic hydroxyl groups is 1. The van der Waals surface area contributed by atoms with Crippen LogP contribution in [0.3, 0.4) is 0 Å². The van der Waals surface area contributed by atoms with E-state index in [1.54, 1.807) is 24.3 Å². The van der Waals surface area contributed by atoms with Crippen LogP contribution < -0.4 is 10.2 Å². The van der Waals surface area contributed by atoms with Crippen molar-refractivity contribution in [3.63, 3.8) is 0 Å². The molecule has 1 unspecified atom stereocenters. The average Bonchev–Trinajstić information content (AvgIpc) is 2.79. The minimum atomic E-state index is -0.308. The van der Waals surface area contributed by atoms with E-state index in [1.165, 1.54) is 24.0 Å². The number of rotatable bonds is 3. The van der Waals surface area contributed by atoms with Crippen molar-refractivity contribution in [1.29, 1.82) is 0 Å². The maximum atomic E-state index is 13.3. The summed E-state index contributed by atoms with van der Waals surface area (Å²) in [5.41, 5.74) is 4.23. The predicted octanol–water partition coefficient (Wildman–Crippen LogP) is 5.73. The normalized spacial score (nSPS) is 15.6. The summed E-state index contributed by atoms with van der Waals surface area (Å²) in [6.45, 7) is 4.27. The van der Waals surface area contributed by atoms with Gasteiger partial charge >= 0.3 is 5.97 Å². The van der Waals surface area contributed by atoms with Gasteiger partial charge in [0.15, 0.2) is 0 Å². The van der Waals surface area contributed by atoms with E-state index in [1.807, 2.05) is 12.1 Å². The first-order valence-electron chi connectivity index (χ1n) is 10.6. The van der Waals surface area contributed by atoms with Gasteiger partial charge in [-0.25, -0.2) is 0 Å². The molecule has 1 aliphatic heterocycles. The first-order chi connectivity index (χ1) is 15.4. The number of carbonyl (C=O) groups is 1. The van der Waals surface area contributed by atoms with E-state index in [0.717, 1.165) is 5.56 Å². The monoisotopic (exact) mass is 426 g/mol. The van der Waals surface area contributed by atoms with E-state index in [4.69, 9.17) is 9.15 Å². The lowest BCUT2D eigenvalue weighted by molar-refractivity contribution is -0.135. The van der Waals surface area contributed by atoms with E-state index in [-0.39, 0.29) is 29.5 Å². The quantitative estimate of drug-likeness (QED) is 0.334. The van der Waals surface area contributed by atoms with E-state index >= 15 is 0 Å². The van der Waals surface area contributed by atoms with Crippen molar-refractivity contribution in [2.24, 2.45) is 0 Å². The van der Waals surface area contributed by atoms with E-state index < -0.39 is 0 Å². The number of hydrogen-bond donors (Lipinski definition) is 1. The molecule has 0 radical (unpaired) electrons. The summed E-state index contributed by atoms with van der Waals surface area (Å²) in [7, 11) is 0. The number of fused-ring (bicyclic) bond motifs is 3. The molecule has 0 amide bonds. The van der Waals surface area contributed by atoms with Crippen molar-refractivity contribution in [1.82, 2.24) is 0 Å². The summed E-state index contributed by atoms with van der Waals surface area (Å²) in [5.74, 6) is 0.384. The topological polar surface area (TPSA) is 76.7 Å². The van der Waals surface area contributed by atoms with Crippen LogP contribution in [0, 0.1) is 0 Å². The number of phenolic OH excluding ortho intramolecular Hbond substituents is 1. The van der Waals surface area contributed by atoms with Crippen molar-refractivity contribution in [2.45, 2.75) is 32.1 Å². The summed E-state index contributed by atoms with van der Waals surface area (Å²) >= 11 is 0. The Bertz CT molecular complexity index is 1380. The molecule has 1 N–H and O–H groups in total. The molecular formula is C27H22O5. The van der Waals surface area contributed by atoms with Crippen molar-refractivity contribution >= 4 is 16.9 Å². The van der Waals surface area contributed by atoms with Gasteiger partial charge < -0.3 is 14.3 Å². The highest BCUT2D eigenvalue weighted by atomic mass is 16.5. The van der Waals surface area contributed by atoms with Crippen LogP contribution in [0.4, 0.5) is 0 Å². The summed E-state index contributed by atoms with van der Waals surface area (Å²) in [6.07, 6.45) is 1.61. The first kappa shape index (κ1) is 20.1. The van der Waals surface area contributed by atoms with Crippen molar-refractivity contribution in [3.05, 3.63) is 93.8 Å². The SMILES string of the molecule is CC(C)c1ccc(C2CC(=O)Oc3ccc4c(=O)c(-c5ccc(O)cc5)coc4c32)cc1. The lowest BCUT2D eigenvalue weighted by Gasteiger charge is -2.25. The molecule has 0 aliphatic carbocycles. The molecule has 0 spiro atoms. The molecule has 2 heterocycles. The van der Waals surface area contributed by atoms with Gasteiger partial charge in [-0.15, -0.1) is 0 Å². The van der Waals surface area contributed by atoms with Gasteiger partial charge in [-0.2, -0.15) is 0 Å². The molecule has 5 rings (SSSR count). The number of benzene rings is 3. The van der Waals surface area contributed by atoms with Crippen LogP contribution in [0.5, 0.6) is 11.5 Å². The summed E-state index contributed by atoms with van der Waals surface area (Å²) < 4.78 is 11.5. The van der Waals surface area contributed by atoms with Gasteiger partial charge in [0, 0.05) is 11.5 Å². The number of carbonyl (C=O) groups excluding carboxylic acids is 1. The number of esters is 1. The summed E-state index contributed by atoms with van der Waals surface area (Å²) in [4.78, 5) is 25.6. The van der Waals surface area contributed by atoms with E-state index in [2.05, 4.69) is 26.0 Å². The molecule has 1 aliphatic rings. The molecule has 0 fully saturated rings.